The zero-order valence-corrected chi connectivity index (χ0v) is 22.9. The van der Waals surface area contributed by atoms with Gasteiger partial charge in [-0.05, 0) is 26.0 Å². The van der Waals surface area contributed by atoms with Crippen LogP contribution in [0.25, 0.3) is 11.2 Å². The van der Waals surface area contributed by atoms with Gasteiger partial charge in [0.25, 0.3) is 0 Å². The van der Waals surface area contributed by atoms with Crippen molar-refractivity contribution in [2.45, 2.75) is 44.0 Å². The summed E-state index contributed by atoms with van der Waals surface area (Å²) in [5.41, 5.74) is 4.06. The second-order valence-electron chi connectivity index (χ2n) is 9.32. The highest BCUT2D eigenvalue weighted by Crippen LogP contribution is 2.48. The van der Waals surface area contributed by atoms with Crippen LogP contribution in [0.2, 0.25) is 0 Å². The SMILES string of the molecule is COC(=O)[C@@H](C)N[P@](=O)(OC[C@H]1O[C@@H](n2cnc3c(N(C)C)nc(N)nc32)[C@](C)(F)[C@@H]1O)Oc1ccccc1. The summed E-state index contributed by atoms with van der Waals surface area (Å²) < 4.78 is 52.5. The third-order valence-corrected chi connectivity index (χ3v) is 7.74. The van der Waals surface area contributed by atoms with Gasteiger partial charge in [0.05, 0.1) is 20.0 Å². The molecule has 3 heterocycles. The highest BCUT2D eigenvalue weighted by Gasteiger charge is 2.56. The molecular formula is C23H31FN7O7P. The van der Waals surface area contributed by atoms with Crippen LogP contribution in [0.3, 0.4) is 0 Å². The Balaban J connectivity index is 1.59. The molecule has 0 radical (unpaired) electrons. The minimum atomic E-state index is -4.25. The van der Waals surface area contributed by atoms with E-state index in [1.807, 2.05) is 0 Å². The lowest BCUT2D eigenvalue weighted by molar-refractivity contribution is -0.142. The maximum Gasteiger partial charge on any atom is 0.459 e. The van der Waals surface area contributed by atoms with Crippen LogP contribution in [-0.2, 0) is 23.4 Å². The molecule has 16 heteroatoms. The standard InChI is InChI=1S/C23H31FN7O7P/c1-13(20(33)35-5)29-39(34,38-14-9-7-6-8-10-14)36-11-15-17(32)23(2,24)21(37-15)31-12-26-16-18(30(3)4)27-22(25)28-19(16)31/h6-10,12-13,15,17,21,32H,11H2,1-5H3,(H,29,34)(H2,25,27,28)/t13-,15-,17-,21-,23-,39+/m1/s1. The van der Waals surface area contributed by atoms with Crippen LogP contribution in [0.4, 0.5) is 16.2 Å². The van der Waals surface area contributed by atoms with E-state index in [1.54, 1.807) is 37.2 Å². The number of carbonyl (C=O) groups is 1. The number of hydrogen-bond acceptors (Lipinski definition) is 12. The van der Waals surface area contributed by atoms with Crippen LogP contribution in [0, 0.1) is 0 Å². The summed E-state index contributed by atoms with van der Waals surface area (Å²) in [6, 6.07) is 7.03. The van der Waals surface area contributed by atoms with E-state index in [0.717, 1.165) is 6.92 Å². The van der Waals surface area contributed by atoms with Crippen molar-refractivity contribution in [3.63, 3.8) is 0 Å². The Morgan fingerprint density at radius 1 is 1.36 bits per heavy atom. The number of ether oxygens (including phenoxy) is 2. The molecule has 1 saturated heterocycles. The number of aliphatic hydroxyl groups excluding tert-OH is 1. The normalized spacial score (nSPS) is 25.3. The molecule has 0 spiro atoms. The molecular weight excluding hydrogens is 536 g/mol. The van der Waals surface area contributed by atoms with Gasteiger partial charge in [-0.2, -0.15) is 15.1 Å². The average molecular weight is 568 g/mol. The molecule has 1 aliphatic rings. The number of aliphatic hydroxyl groups is 1. The van der Waals surface area contributed by atoms with Gasteiger partial charge in [-0.25, -0.2) is 13.9 Å². The molecule has 1 aromatic carbocycles. The summed E-state index contributed by atoms with van der Waals surface area (Å²) in [5, 5.41) is 13.3. The molecule has 4 rings (SSSR count). The minimum Gasteiger partial charge on any atom is -0.468 e. The van der Waals surface area contributed by atoms with Crippen LogP contribution in [-0.4, -0.2) is 82.3 Å². The molecule has 14 nitrogen and oxygen atoms in total. The number of benzene rings is 1. The lowest BCUT2D eigenvalue weighted by Crippen LogP contribution is -2.41. The largest absolute Gasteiger partial charge is 0.468 e. The molecule has 0 aliphatic carbocycles. The number of esters is 1. The molecule has 212 valence electrons. The Hall–Kier alpha value is -3.36. The number of carbonyl (C=O) groups excluding carboxylic acids is 1. The van der Waals surface area contributed by atoms with Gasteiger partial charge in [0, 0.05) is 14.1 Å². The first-order chi connectivity index (χ1) is 18.4. The number of rotatable bonds is 10. The molecule has 39 heavy (non-hydrogen) atoms. The fourth-order valence-electron chi connectivity index (χ4n) is 4.10. The zero-order valence-electron chi connectivity index (χ0n) is 22.0. The molecule has 6 atom stereocenters. The van der Waals surface area contributed by atoms with Crippen LogP contribution < -0.4 is 20.2 Å². The molecule has 4 N–H and O–H groups in total. The average Bonchev–Trinajstić information content (AvgIpc) is 3.39. The zero-order chi connectivity index (χ0) is 28.5. The van der Waals surface area contributed by atoms with Crippen LogP contribution in [0.1, 0.15) is 20.1 Å². The number of halogens is 1. The number of anilines is 2. The minimum absolute atomic E-state index is 0.0586. The topological polar surface area (TPSA) is 176 Å². The quantitative estimate of drug-likeness (QED) is 0.239. The van der Waals surface area contributed by atoms with E-state index in [-0.39, 0.29) is 17.3 Å². The van der Waals surface area contributed by atoms with Crippen molar-refractivity contribution >= 4 is 36.6 Å². The number of imidazole rings is 1. The summed E-state index contributed by atoms with van der Waals surface area (Å²) in [6.45, 7) is 2.00. The second-order valence-corrected chi connectivity index (χ2v) is 11.0. The summed E-state index contributed by atoms with van der Waals surface area (Å²) in [4.78, 5) is 26.3. The molecule has 0 amide bonds. The smallest absolute Gasteiger partial charge is 0.459 e. The Morgan fingerprint density at radius 2 is 2.05 bits per heavy atom. The van der Waals surface area contributed by atoms with Gasteiger partial charge in [0.1, 0.15) is 24.0 Å². The van der Waals surface area contributed by atoms with Crippen molar-refractivity contribution in [3.05, 3.63) is 36.7 Å². The Kier molecular flexibility index (Phi) is 8.09. The van der Waals surface area contributed by atoms with Crippen LogP contribution >= 0.6 is 7.75 Å². The summed E-state index contributed by atoms with van der Waals surface area (Å²) in [6.07, 6.45) is -3.09. The number of nitrogens with one attached hydrogen (secondary N) is 1. The van der Waals surface area contributed by atoms with E-state index < -0.39 is 50.5 Å². The van der Waals surface area contributed by atoms with Gasteiger partial charge in [0.2, 0.25) is 5.95 Å². The van der Waals surface area contributed by atoms with Crippen molar-refractivity contribution in [2.75, 3.05) is 38.4 Å². The lowest BCUT2D eigenvalue weighted by Gasteiger charge is -2.25. The van der Waals surface area contributed by atoms with Gasteiger partial charge in [-0.1, -0.05) is 18.2 Å². The Bertz CT molecular complexity index is 1370. The van der Waals surface area contributed by atoms with E-state index in [2.05, 4.69) is 24.8 Å². The fraction of sp³-hybridized carbons (Fsp3) is 0.478. The number of aromatic nitrogens is 4. The fourth-order valence-corrected chi connectivity index (χ4v) is 5.60. The van der Waals surface area contributed by atoms with Crippen molar-refractivity contribution < 1.29 is 37.4 Å². The van der Waals surface area contributed by atoms with E-state index >= 15 is 4.39 Å². The third-order valence-electron chi connectivity index (χ3n) is 6.10. The van der Waals surface area contributed by atoms with Gasteiger partial charge in [-0.3, -0.25) is 13.9 Å². The molecule has 0 bridgehead atoms. The highest BCUT2D eigenvalue weighted by atomic mass is 31.2. The van der Waals surface area contributed by atoms with Gasteiger partial charge in [-0.15, -0.1) is 0 Å². The summed E-state index contributed by atoms with van der Waals surface area (Å²) >= 11 is 0. The van der Waals surface area contributed by atoms with Gasteiger partial charge >= 0.3 is 13.7 Å². The number of hydrogen-bond donors (Lipinski definition) is 3. The number of nitrogens with two attached hydrogens (primary N) is 1. The lowest BCUT2D eigenvalue weighted by atomic mass is 9.98. The number of para-hydroxylation sites is 1. The maximum absolute atomic E-state index is 16.0. The number of nitrogen functional groups attached to an aromatic ring is 1. The van der Waals surface area contributed by atoms with Crippen molar-refractivity contribution in [1.29, 1.82) is 0 Å². The number of alkyl halides is 1. The Labute approximate surface area is 223 Å². The van der Waals surface area contributed by atoms with Crippen molar-refractivity contribution in [1.82, 2.24) is 24.6 Å². The molecule has 2 aromatic heterocycles. The molecule has 0 saturated carbocycles. The number of fused-ring (bicyclic) bond motifs is 1. The van der Waals surface area contributed by atoms with Gasteiger partial charge in [0.15, 0.2) is 28.9 Å². The van der Waals surface area contributed by atoms with E-state index in [4.69, 9.17) is 19.5 Å². The van der Waals surface area contributed by atoms with Crippen molar-refractivity contribution in [2.24, 2.45) is 0 Å². The predicted octanol–water partition coefficient (Wildman–Crippen LogP) is 1.82. The molecule has 1 aliphatic heterocycles. The first kappa shape index (κ1) is 28.6. The monoisotopic (exact) mass is 567 g/mol. The number of nitrogens with zero attached hydrogens (tertiary/aromatic N) is 5. The summed E-state index contributed by atoms with van der Waals surface area (Å²) in [7, 11) is 0.409. The Morgan fingerprint density at radius 3 is 2.69 bits per heavy atom. The molecule has 3 aromatic rings. The third kappa shape index (κ3) is 5.82. The van der Waals surface area contributed by atoms with E-state index in [1.165, 1.54) is 37.1 Å². The highest BCUT2D eigenvalue weighted by molar-refractivity contribution is 7.52. The van der Waals surface area contributed by atoms with Gasteiger partial charge < -0.3 is 29.7 Å². The summed E-state index contributed by atoms with van der Waals surface area (Å²) in [5.74, 6) is -0.170. The number of methoxy groups -OCH3 is 1. The van der Waals surface area contributed by atoms with Crippen LogP contribution in [0.15, 0.2) is 36.7 Å². The van der Waals surface area contributed by atoms with E-state index in [0.29, 0.717) is 11.3 Å². The molecule has 0 unspecified atom stereocenters. The van der Waals surface area contributed by atoms with E-state index in [9.17, 15) is 14.5 Å². The van der Waals surface area contributed by atoms with Crippen molar-refractivity contribution in [3.8, 4) is 5.75 Å². The predicted molar refractivity (Wildman–Crippen MR) is 139 cm³/mol. The second kappa shape index (κ2) is 11.0. The van der Waals surface area contributed by atoms with Crippen LogP contribution in [0.5, 0.6) is 5.75 Å². The first-order valence-electron chi connectivity index (χ1n) is 11.9. The maximum atomic E-state index is 16.0. The molecule has 1 fully saturated rings. The first-order valence-corrected chi connectivity index (χ1v) is 13.4.